The molecule has 0 aliphatic rings. The van der Waals surface area contributed by atoms with E-state index >= 15 is 0 Å². The number of rotatable bonds is 4. The molecule has 0 N–H and O–H groups in total. The van der Waals surface area contributed by atoms with E-state index in [0.29, 0.717) is 12.5 Å². The predicted molar refractivity (Wildman–Crippen MR) is 54.1 cm³/mol. The van der Waals surface area contributed by atoms with Gasteiger partial charge in [-0.25, -0.2) is 0 Å². The third-order valence-corrected chi connectivity index (χ3v) is 2.26. The Morgan fingerprint density at radius 3 is 2.85 bits per heavy atom. The molecule has 0 fully saturated rings. The number of aromatic nitrogens is 1. The lowest BCUT2D eigenvalue weighted by Gasteiger charge is -2.13. The summed E-state index contributed by atoms with van der Waals surface area (Å²) in [6.45, 7) is 7.08. The molecule has 2 nitrogen and oxygen atoms in total. The topological polar surface area (TPSA) is 22.1 Å². The molecule has 0 bridgehead atoms. The summed E-state index contributed by atoms with van der Waals surface area (Å²) >= 11 is 0. The average molecular weight is 179 g/mol. The van der Waals surface area contributed by atoms with Gasteiger partial charge < -0.3 is 4.74 Å². The van der Waals surface area contributed by atoms with Crippen LogP contribution in [0.3, 0.4) is 0 Å². The summed E-state index contributed by atoms with van der Waals surface area (Å²) in [4.78, 5) is 4.06. The first-order valence-corrected chi connectivity index (χ1v) is 4.86. The van der Waals surface area contributed by atoms with Crippen molar-refractivity contribution in [1.29, 1.82) is 0 Å². The minimum Gasteiger partial charge on any atom is -0.492 e. The van der Waals surface area contributed by atoms with Gasteiger partial charge in [-0.1, -0.05) is 13.8 Å². The standard InChI is InChI=1S/C11H17NO/c1-4-9(3)10-6-7-12-8-11(10)13-5-2/h6-9H,4-5H2,1-3H3. The number of hydrogen-bond donors (Lipinski definition) is 0. The summed E-state index contributed by atoms with van der Waals surface area (Å²) < 4.78 is 5.50. The molecular formula is C11H17NO. The van der Waals surface area contributed by atoms with Crippen molar-refractivity contribution in [3.63, 3.8) is 0 Å². The van der Waals surface area contributed by atoms with E-state index in [1.165, 1.54) is 5.56 Å². The summed E-state index contributed by atoms with van der Waals surface area (Å²) in [6, 6.07) is 2.04. The van der Waals surface area contributed by atoms with Crippen LogP contribution in [-0.2, 0) is 0 Å². The Bertz CT molecular complexity index is 260. The molecular weight excluding hydrogens is 162 g/mol. The van der Waals surface area contributed by atoms with Crippen LogP contribution in [0.4, 0.5) is 0 Å². The van der Waals surface area contributed by atoms with Gasteiger partial charge in [0.25, 0.3) is 0 Å². The first-order chi connectivity index (χ1) is 6.29. The highest BCUT2D eigenvalue weighted by Crippen LogP contribution is 2.27. The van der Waals surface area contributed by atoms with E-state index in [1.54, 1.807) is 6.20 Å². The van der Waals surface area contributed by atoms with Crippen LogP contribution in [0, 0.1) is 0 Å². The molecule has 0 saturated heterocycles. The molecule has 13 heavy (non-hydrogen) atoms. The maximum absolute atomic E-state index is 5.50. The van der Waals surface area contributed by atoms with E-state index < -0.39 is 0 Å². The molecule has 1 aromatic heterocycles. The van der Waals surface area contributed by atoms with Gasteiger partial charge in [0, 0.05) is 11.8 Å². The second-order valence-electron chi connectivity index (χ2n) is 3.16. The zero-order valence-electron chi connectivity index (χ0n) is 8.58. The Labute approximate surface area is 80.0 Å². The van der Waals surface area contributed by atoms with Gasteiger partial charge in [0.1, 0.15) is 5.75 Å². The molecule has 2 heteroatoms. The second-order valence-corrected chi connectivity index (χ2v) is 3.16. The van der Waals surface area contributed by atoms with Crippen molar-refractivity contribution in [2.75, 3.05) is 6.61 Å². The van der Waals surface area contributed by atoms with Crippen LogP contribution in [0.2, 0.25) is 0 Å². The fourth-order valence-electron chi connectivity index (χ4n) is 1.29. The number of pyridine rings is 1. The molecule has 1 heterocycles. The molecule has 0 spiro atoms. The van der Waals surface area contributed by atoms with Gasteiger partial charge in [0.2, 0.25) is 0 Å². The third-order valence-electron chi connectivity index (χ3n) is 2.26. The molecule has 0 aromatic carbocycles. The molecule has 0 amide bonds. The maximum Gasteiger partial charge on any atom is 0.141 e. The average Bonchev–Trinajstić information content (AvgIpc) is 2.18. The molecule has 1 aromatic rings. The van der Waals surface area contributed by atoms with Gasteiger partial charge >= 0.3 is 0 Å². The van der Waals surface area contributed by atoms with E-state index in [9.17, 15) is 0 Å². The number of ether oxygens (including phenoxy) is 1. The Hall–Kier alpha value is -1.05. The van der Waals surface area contributed by atoms with Gasteiger partial charge in [0.05, 0.1) is 12.8 Å². The van der Waals surface area contributed by atoms with Crippen molar-refractivity contribution in [1.82, 2.24) is 4.98 Å². The normalized spacial score (nSPS) is 12.5. The van der Waals surface area contributed by atoms with E-state index in [-0.39, 0.29) is 0 Å². The highest BCUT2D eigenvalue weighted by atomic mass is 16.5. The fourth-order valence-corrected chi connectivity index (χ4v) is 1.29. The Balaban J connectivity index is 2.90. The van der Waals surface area contributed by atoms with E-state index in [0.717, 1.165) is 12.2 Å². The molecule has 0 radical (unpaired) electrons. The summed E-state index contributed by atoms with van der Waals surface area (Å²) in [7, 11) is 0. The van der Waals surface area contributed by atoms with Crippen molar-refractivity contribution in [2.24, 2.45) is 0 Å². The summed E-state index contributed by atoms with van der Waals surface area (Å²) in [5.41, 5.74) is 1.26. The fraction of sp³-hybridized carbons (Fsp3) is 0.545. The minimum atomic E-state index is 0.546. The first kappa shape index (κ1) is 10.0. The SMILES string of the molecule is CCOc1cnccc1C(C)CC. The molecule has 0 aliphatic heterocycles. The van der Waals surface area contributed by atoms with Gasteiger partial charge in [-0.05, 0) is 25.3 Å². The molecule has 1 rings (SSSR count). The van der Waals surface area contributed by atoms with Crippen molar-refractivity contribution >= 4 is 0 Å². The zero-order valence-corrected chi connectivity index (χ0v) is 8.58. The molecule has 0 saturated carbocycles. The lowest BCUT2D eigenvalue weighted by atomic mass is 9.99. The highest BCUT2D eigenvalue weighted by molar-refractivity contribution is 5.32. The molecule has 1 atom stereocenters. The smallest absolute Gasteiger partial charge is 0.141 e. The maximum atomic E-state index is 5.50. The van der Waals surface area contributed by atoms with Gasteiger partial charge in [-0.2, -0.15) is 0 Å². The van der Waals surface area contributed by atoms with Crippen LogP contribution >= 0.6 is 0 Å². The van der Waals surface area contributed by atoms with Crippen LogP contribution in [0.5, 0.6) is 5.75 Å². The highest BCUT2D eigenvalue weighted by Gasteiger charge is 2.08. The van der Waals surface area contributed by atoms with Crippen LogP contribution in [0.1, 0.15) is 38.7 Å². The summed E-state index contributed by atoms with van der Waals surface area (Å²) in [6.07, 6.45) is 4.75. The number of nitrogens with zero attached hydrogens (tertiary/aromatic N) is 1. The largest absolute Gasteiger partial charge is 0.492 e. The predicted octanol–water partition coefficient (Wildman–Crippen LogP) is 2.99. The van der Waals surface area contributed by atoms with Crippen LogP contribution in [0.15, 0.2) is 18.5 Å². The monoisotopic (exact) mass is 179 g/mol. The first-order valence-electron chi connectivity index (χ1n) is 4.86. The van der Waals surface area contributed by atoms with Crippen LogP contribution in [0.25, 0.3) is 0 Å². The van der Waals surface area contributed by atoms with Gasteiger partial charge in [-0.15, -0.1) is 0 Å². The van der Waals surface area contributed by atoms with Gasteiger partial charge in [0.15, 0.2) is 0 Å². The second kappa shape index (κ2) is 4.85. The number of hydrogen-bond acceptors (Lipinski definition) is 2. The van der Waals surface area contributed by atoms with Crippen molar-refractivity contribution < 1.29 is 4.74 Å². The third kappa shape index (κ3) is 2.44. The minimum absolute atomic E-state index is 0.546. The zero-order chi connectivity index (χ0) is 9.68. The van der Waals surface area contributed by atoms with Crippen molar-refractivity contribution in [3.05, 3.63) is 24.0 Å². The van der Waals surface area contributed by atoms with Crippen LogP contribution in [-0.4, -0.2) is 11.6 Å². The quantitative estimate of drug-likeness (QED) is 0.708. The summed E-state index contributed by atoms with van der Waals surface area (Å²) in [5, 5.41) is 0. The van der Waals surface area contributed by atoms with E-state index in [1.807, 2.05) is 19.2 Å². The van der Waals surface area contributed by atoms with Crippen molar-refractivity contribution in [3.8, 4) is 5.75 Å². The Kier molecular flexibility index (Phi) is 3.74. The summed E-state index contributed by atoms with van der Waals surface area (Å²) in [5.74, 6) is 1.48. The Morgan fingerprint density at radius 1 is 1.46 bits per heavy atom. The Morgan fingerprint density at radius 2 is 2.23 bits per heavy atom. The van der Waals surface area contributed by atoms with Crippen LogP contribution < -0.4 is 4.74 Å². The lowest BCUT2D eigenvalue weighted by Crippen LogP contribution is -2.00. The lowest BCUT2D eigenvalue weighted by molar-refractivity contribution is 0.333. The van der Waals surface area contributed by atoms with Crippen molar-refractivity contribution in [2.45, 2.75) is 33.1 Å². The molecule has 0 aliphatic carbocycles. The van der Waals surface area contributed by atoms with E-state index in [2.05, 4.69) is 18.8 Å². The molecule has 72 valence electrons. The molecule has 1 unspecified atom stereocenters. The van der Waals surface area contributed by atoms with E-state index in [4.69, 9.17) is 4.74 Å². The van der Waals surface area contributed by atoms with Gasteiger partial charge in [-0.3, -0.25) is 4.98 Å².